The molecule has 0 unspecified atom stereocenters. The molecule has 0 bridgehead atoms. The zero-order chi connectivity index (χ0) is 17.0. The maximum absolute atomic E-state index is 13.4. The Morgan fingerprint density at radius 3 is 2.65 bits per heavy atom. The third-order valence-corrected chi connectivity index (χ3v) is 4.15. The number of aliphatic hydroxyl groups is 1. The molecule has 0 radical (unpaired) electrons. The number of amides is 2. The van der Waals surface area contributed by atoms with Gasteiger partial charge in [0.1, 0.15) is 17.2 Å². The molecule has 0 fully saturated rings. The summed E-state index contributed by atoms with van der Waals surface area (Å²) in [5.74, 6) is -3.83. The number of hydrogen-bond acceptors (Lipinski definition) is 4. The lowest BCUT2D eigenvalue weighted by molar-refractivity contribution is -0.136. The van der Waals surface area contributed by atoms with Crippen molar-refractivity contribution in [2.24, 2.45) is 0 Å². The highest BCUT2D eigenvalue weighted by molar-refractivity contribution is 7.10. The molecule has 0 saturated carbocycles. The first-order valence-electron chi connectivity index (χ1n) is 6.60. The first kappa shape index (κ1) is 17.0. The number of rotatable bonds is 4. The Labute approximate surface area is 135 Å². The number of nitrogens with one attached hydrogen (secondary N) is 2. The molecule has 0 aliphatic carbocycles. The van der Waals surface area contributed by atoms with Crippen molar-refractivity contribution in [3.8, 4) is 0 Å². The van der Waals surface area contributed by atoms with Crippen LogP contribution in [0.3, 0.4) is 0 Å². The van der Waals surface area contributed by atoms with Crippen LogP contribution in [0.25, 0.3) is 0 Å². The predicted molar refractivity (Wildman–Crippen MR) is 81.9 cm³/mol. The van der Waals surface area contributed by atoms with E-state index >= 15 is 0 Å². The van der Waals surface area contributed by atoms with Crippen LogP contribution in [0.5, 0.6) is 0 Å². The molecule has 8 heteroatoms. The Morgan fingerprint density at radius 1 is 1.26 bits per heavy atom. The fraction of sp³-hybridized carbons (Fsp3) is 0.200. The van der Waals surface area contributed by atoms with Gasteiger partial charge in [-0.3, -0.25) is 9.59 Å². The van der Waals surface area contributed by atoms with Gasteiger partial charge >= 0.3 is 11.8 Å². The minimum atomic E-state index is -1.34. The SMILES string of the molecule is C[C@@](O)(CNC(=O)C(=O)Nc1cc(F)ccc1F)c1cccs1. The molecule has 5 nitrogen and oxygen atoms in total. The molecule has 23 heavy (non-hydrogen) atoms. The molecule has 1 aromatic heterocycles. The molecule has 1 atom stereocenters. The minimum Gasteiger partial charge on any atom is -0.383 e. The van der Waals surface area contributed by atoms with Crippen LogP contribution in [0.2, 0.25) is 0 Å². The summed E-state index contributed by atoms with van der Waals surface area (Å²) in [6.45, 7) is 1.29. The third-order valence-electron chi connectivity index (χ3n) is 3.03. The Kier molecular flexibility index (Phi) is 5.07. The van der Waals surface area contributed by atoms with E-state index in [0.717, 1.165) is 18.2 Å². The Balaban J connectivity index is 1.95. The fourth-order valence-electron chi connectivity index (χ4n) is 1.78. The molecule has 0 aliphatic rings. The number of halogens is 2. The summed E-state index contributed by atoms with van der Waals surface area (Å²) in [5.41, 5.74) is -1.77. The Morgan fingerprint density at radius 2 is 2.00 bits per heavy atom. The summed E-state index contributed by atoms with van der Waals surface area (Å²) in [4.78, 5) is 24.0. The summed E-state index contributed by atoms with van der Waals surface area (Å²) >= 11 is 1.30. The van der Waals surface area contributed by atoms with Crippen LogP contribution in [0.15, 0.2) is 35.7 Å². The van der Waals surface area contributed by atoms with Crippen LogP contribution in [0.1, 0.15) is 11.8 Å². The molecule has 0 spiro atoms. The fourth-order valence-corrected chi connectivity index (χ4v) is 2.56. The number of carbonyl (C=O) groups excluding carboxylic acids is 2. The lowest BCUT2D eigenvalue weighted by atomic mass is 10.1. The van der Waals surface area contributed by atoms with Gasteiger partial charge in [-0.1, -0.05) is 6.07 Å². The lowest BCUT2D eigenvalue weighted by Crippen LogP contribution is -2.43. The maximum Gasteiger partial charge on any atom is 0.313 e. The van der Waals surface area contributed by atoms with E-state index in [1.54, 1.807) is 17.5 Å². The van der Waals surface area contributed by atoms with E-state index in [9.17, 15) is 23.5 Å². The van der Waals surface area contributed by atoms with Crippen molar-refractivity contribution >= 4 is 28.8 Å². The topological polar surface area (TPSA) is 78.4 Å². The van der Waals surface area contributed by atoms with Crippen LogP contribution in [0, 0.1) is 11.6 Å². The molecule has 2 rings (SSSR count). The van der Waals surface area contributed by atoms with Crippen molar-refractivity contribution < 1.29 is 23.5 Å². The van der Waals surface area contributed by atoms with E-state index in [4.69, 9.17) is 0 Å². The van der Waals surface area contributed by atoms with Crippen LogP contribution >= 0.6 is 11.3 Å². The van der Waals surface area contributed by atoms with Gasteiger partial charge < -0.3 is 15.7 Å². The van der Waals surface area contributed by atoms with Crippen molar-refractivity contribution in [3.05, 3.63) is 52.2 Å². The summed E-state index contributed by atoms with van der Waals surface area (Å²) in [5, 5.41) is 16.2. The van der Waals surface area contributed by atoms with Gasteiger partial charge in [0.05, 0.1) is 12.2 Å². The summed E-state index contributed by atoms with van der Waals surface area (Å²) in [7, 11) is 0. The zero-order valence-corrected chi connectivity index (χ0v) is 12.9. The van der Waals surface area contributed by atoms with Crippen molar-refractivity contribution in [1.29, 1.82) is 0 Å². The average molecular weight is 340 g/mol. The minimum absolute atomic E-state index is 0.203. The molecular formula is C15H14F2N2O3S. The summed E-state index contributed by atoms with van der Waals surface area (Å²) < 4.78 is 26.4. The van der Waals surface area contributed by atoms with E-state index in [-0.39, 0.29) is 6.54 Å². The van der Waals surface area contributed by atoms with Gasteiger partial charge in [-0.05, 0) is 30.5 Å². The quantitative estimate of drug-likeness (QED) is 0.745. The average Bonchev–Trinajstić information content (AvgIpc) is 3.03. The zero-order valence-electron chi connectivity index (χ0n) is 12.1. The second-order valence-electron chi connectivity index (χ2n) is 5.01. The molecule has 2 amide bonds. The van der Waals surface area contributed by atoms with Crippen LogP contribution < -0.4 is 10.6 Å². The second kappa shape index (κ2) is 6.84. The first-order valence-corrected chi connectivity index (χ1v) is 7.48. The Hall–Kier alpha value is -2.32. The van der Waals surface area contributed by atoms with E-state index < -0.39 is 34.7 Å². The number of anilines is 1. The van der Waals surface area contributed by atoms with Gasteiger partial charge in [0.15, 0.2) is 0 Å². The number of thiophene rings is 1. The second-order valence-corrected chi connectivity index (χ2v) is 5.96. The first-order chi connectivity index (χ1) is 10.8. The smallest absolute Gasteiger partial charge is 0.313 e. The van der Waals surface area contributed by atoms with E-state index in [1.807, 2.05) is 5.32 Å². The summed E-state index contributed by atoms with van der Waals surface area (Å²) in [6.07, 6.45) is 0. The molecule has 0 aliphatic heterocycles. The predicted octanol–water partition coefficient (Wildman–Crippen LogP) is 1.99. The highest BCUT2D eigenvalue weighted by Gasteiger charge is 2.26. The molecule has 122 valence electrons. The van der Waals surface area contributed by atoms with Gasteiger partial charge in [-0.15, -0.1) is 11.3 Å². The molecule has 2 aromatic rings. The van der Waals surface area contributed by atoms with Gasteiger partial charge in [0.2, 0.25) is 0 Å². The maximum atomic E-state index is 13.4. The Bertz CT molecular complexity index is 718. The van der Waals surface area contributed by atoms with Crippen molar-refractivity contribution in [3.63, 3.8) is 0 Å². The third kappa shape index (κ3) is 4.33. The molecule has 0 saturated heterocycles. The van der Waals surface area contributed by atoms with Crippen LogP contribution in [0.4, 0.5) is 14.5 Å². The van der Waals surface area contributed by atoms with Crippen LogP contribution in [-0.4, -0.2) is 23.5 Å². The van der Waals surface area contributed by atoms with Gasteiger partial charge in [-0.25, -0.2) is 8.78 Å². The molecule has 1 heterocycles. The molecular weight excluding hydrogens is 326 g/mol. The largest absolute Gasteiger partial charge is 0.383 e. The number of benzene rings is 1. The van der Waals surface area contributed by atoms with Crippen molar-refractivity contribution in [2.45, 2.75) is 12.5 Å². The van der Waals surface area contributed by atoms with Crippen molar-refractivity contribution in [1.82, 2.24) is 5.32 Å². The van der Waals surface area contributed by atoms with Gasteiger partial charge in [0.25, 0.3) is 0 Å². The summed E-state index contributed by atoms with van der Waals surface area (Å²) in [6, 6.07) is 5.94. The standard InChI is InChI=1S/C15H14F2N2O3S/c1-15(22,12-3-2-6-23-12)8-18-13(20)14(21)19-11-7-9(16)4-5-10(11)17/h2-7,22H,8H2,1H3,(H,18,20)(H,19,21)/t15-/m1/s1. The number of carbonyl (C=O) groups is 2. The van der Waals surface area contributed by atoms with Gasteiger partial charge in [0, 0.05) is 10.9 Å². The monoisotopic (exact) mass is 340 g/mol. The lowest BCUT2D eigenvalue weighted by Gasteiger charge is -2.22. The van der Waals surface area contributed by atoms with E-state index in [0.29, 0.717) is 4.88 Å². The van der Waals surface area contributed by atoms with Crippen molar-refractivity contribution in [2.75, 3.05) is 11.9 Å². The van der Waals surface area contributed by atoms with E-state index in [1.165, 1.54) is 18.3 Å². The van der Waals surface area contributed by atoms with Crippen LogP contribution in [-0.2, 0) is 15.2 Å². The number of hydrogen-bond donors (Lipinski definition) is 3. The highest BCUT2D eigenvalue weighted by atomic mass is 32.1. The molecule has 1 aromatic carbocycles. The normalized spacial score (nSPS) is 13.2. The highest BCUT2D eigenvalue weighted by Crippen LogP contribution is 2.24. The molecule has 3 N–H and O–H groups in total. The van der Waals surface area contributed by atoms with Gasteiger partial charge in [-0.2, -0.15) is 0 Å². The van der Waals surface area contributed by atoms with E-state index in [2.05, 4.69) is 5.32 Å².